The Hall–Kier alpha value is -2.74. The summed E-state index contributed by atoms with van der Waals surface area (Å²) >= 11 is 13.6. The molecule has 9 heteroatoms. The van der Waals surface area contributed by atoms with Crippen LogP contribution in [-0.2, 0) is 0 Å². The minimum absolute atomic E-state index is 0.549. The van der Waals surface area contributed by atoms with Crippen LogP contribution in [0.2, 0.25) is 0 Å². The van der Waals surface area contributed by atoms with Gasteiger partial charge in [0.1, 0.15) is 0 Å². The van der Waals surface area contributed by atoms with Crippen LogP contribution in [0.5, 0.6) is 0 Å². The highest BCUT2D eigenvalue weighted by Crippen LogP contribution is 2.44. The van der Waals surface area contributed by atoms with Crippen LogP contribution in [0.3, 0.4) is 0 Å². The summed E-state index contributed by atoms with van der Waals surface area (Å²) < 4.78 is 8.22. The molecule has 0 radical (unpaired) electrons. The van der Waals surface area contributed by atoms with Gasteiger partial charge in [-0.25, -0.2) is 8.80 Å². The van der Waals surface area contributed by atoms with Crippen molar-refractivity contribution in [3.8, 4) is 25.6 Å². The summed E-state index contributed by atoms with van der Waals surface area (Å²) in [4.78, 5) is 7.25. The lowest BCUT2D eigenvalue weighted by molar-refractivity contribution is 0.872. The van der Waals surface area contributed by atoms with E-state index in [-0.39, 0.29) is 0 Å². The molecule has 0 saturated carbocycles. The molecule has 0 atom stereocenters. The molecule has 2 aliphatic carbocycles. The number of rotatable bonds is 6. The second kappa shape index (κ2) is 13.1. The molecular formula is C32H30N4S5. The normalized spacial score (nSPS) is 18.6. The van der Waals surface area contributed by atoms with Gasteiger partial charge in [-0.2, -0.15) is 5.26 Å². The van der Waals surface area contributed by atoms with E-state index in [4.69, 9.17) is 5.41 Å². The lowest BCUT2D eigenvalue weighted by Gasteiger charge is -2.16. The Balaban J connectivity index is 1.41. The molecule has 0 saturated heterocycles. The van der Waals surface area contributed by atoms with Crippen LogP contribution in [0.15, 0.2) is 67.5 Å². The van der Waals surface area contributed by atoms with Crippen LogP contribution in [0.4, 0.5) is 0 Å². The lowest BCUT2D eigenvalue weighted by Crippen LogP contribution is -2.19. The van der Waals surface area contributed by atoms with Crippen LogP contribution >= 0.6 is 59.6 Å². The molecular weight excluding hydrogens is 601 g/mol. The van der Waals surface area contributed by atoms with E-state index >= 15 is 0 Å². The van der Waals surface area contributed by atoms with E-state index in [9.17, 15) is 5.26 Å². The maximum atomic E-state index is 9.91. The van der Waals surface area contributed by atoms with E-state index in [0.29, 0.717) is 23.4 Å². The average Bonchev–Trinajstić information content (AvgIpc) is 3.69. The first kappa shape index (κ1) is 29.7. The van der Waals surface area contributed by atoms with Crippen LogP contribution < -0.4 is 0 Å². The summed E-state index contributed by atoms with van der Waals surface area (Å²) in [5.41, 5.74) is 8.26. The third kappa shape index (κ3) is 6.37. The van der Waals surface area contributed by atoms with Gasteiger partial charge in [0.15, 0.2) is 0 Å². The van der Waals surface area contributed by atoms with Crippen molar-refractivity contribution in [2.75, 3.05) is 0 Å². The number of allylic oxidation sites excluding steroid dienone is 6. The molecule has 4 nitrogen and oxygen atoms in total. The van der Waals surface area contributed by atoms with Gasteiger partial charge in [-0.15, -0.1) is 34.0 Å². The molecule has 5 rings (SSSR count). The summed E-state index contributed by atoms with van der Waals surface area (Å²) in [5, 5.41) is 18.1. The van der Waals surface area contributed by atoms with Crippen molar-refractivity contribution < 1.29 is 0 Å². The van der Waals surface area contributed by atoms with E-state index in [0.717, 1.165) is 53.0 Å². The van der Waals surface area contributed by atoms with Crippen molar-refractivity contribution in [1.29, 1.82) is 10.7 Å². The summed E-state index contributed by atoms with van der Waals surface area (Å²) in [6.07, 6.45) is 12.9. The molecule has 2 aliphatic rings. The highest BCUT2D eigenvalue weighted by atomic mass is 32.1. The number of thiophene rings is 3. The molecule has 0 fully saturated rings. The van der Waals surface area contributed by atoms with Gasteiger partial charge in [0.05, 0.1) is 28.8 Å². The second-order valence-electron chi connectivity index (χ2n) is 10.1. The molecule has 3 heterocycles. The van der Waals surface area contributed by atoms with Crippen molar-refractivity contribution in [1.82, 2.24) is 0 Å². The van der Waals surface area contributed by atoms with E-state index in [1.807, 2.05) is 17.4 Å². The third-order valence-corrected chi connectivity index (χ3v) is 11.4. The fourth-order valence-electron chi connectivity index (χ4n) is 5.17. The Morgan fingerprint density at radius 3 is 2.15 bits per heavy atom. The lowest BCUT2D eigenvalue weighted by atomic mass is 9.90. The van der Waals surface area contributed by atoms with Crippen molar-refractivity contribution in [2.45, 2.75) is 52.9 Å². The summed E-state index contributed by atoms with van der Waals surface area (Å²) in [5.74, 6) is 0. The van der Waals surface area contributed by atoms with Gasteiger partial charge in [-0.3, -0.25) is 0 Å². The predicted molar refractivity (Wildman–Crippen MR) is 187 cm³/mol. The van der Waals surface area contributed by atoms with Gasteiger partial charge >= 0.3 is 0 Å². The molecule has 208 valence electrons. The minimum atomic E-state index is 0.549. The van der Waals surface area contributed by atoms with Gasteiger partial charge in [0.25, 0.3) is 0 Å². The van der Waals surface area contributed by atoms with Crippen LogP contribution in [0, 0.1) is 30.6 Å². The Morgan fingerprint density at radius 1 is 0.902 bits per heavy atom. The third-order valence-electron chi connectivity index (χ3n) is 7.19. The van der Waals surface area contributed by atoms with Gasteiger partial charge < -0.3 is 5.41 Å². The number of hydrogen-bond donors (Lipinski definition) is 3. The zero-order valence-corrected chi connectivity index (χ0v) is 27.4. The quantitative estimate of drug-likeness (QED) is 0.184. The standard InChI is InChI=1S/C32H30N4S5/c1-18(24-8-6-9-26(34)30(24)36-38)13-22-14-19(2)31(39-22)28-11-12-29(41-28)32-20(3)15-23(40-32)16-21(17-33)25-7-4-5-10-27(25)35-37/h7-8,11-16,34,37-38H,4-6,9-10H2,1-3H3/b18-13+,21-16+,34-26?,35-27+,36-30-. The first-order valence-corrected chi connectivity index (χ1v) is 16.6. The number of aryl methyl sites for hydroxylation is 2. The fourth-order valence-corrected chi connectivity index (χ4v) is 9.25. The SMILES string of the molecule is C/C(=C\c1cc(C)c(-c2ccc(-c3sc(/C=C(\C#N)C4=CCCC/C4=N\S)cc3C)s2)s1)C1=CCCC(=N)/C1=N\S. The minimum Gasteiger partial charge on any atom is -0.303 e. The predicted octanol–water partition coefficient (Wildman–Crippen LogP) is 10.6. The van der Waals surface area contributed by atoms with Gasteiger partial charge in [0, 0.05) is 40.4 Å². The van der Waals surface area contributed by atoms with Crippen molar-refractivity contribution in [3.63, 3.8) is 0 Å². The summed E-state index contributed by atoms with van der Waals surface area (Å²) in [6.45, 7) is 6.39. The van der Waals surface area contributed by atoms with Crippen LogP contribution in [0.1, 0.15) is 59.9 Å². The molecule has 0 bridgehead atoms. The van der Waals surface area contributed by atoms with Crippen molar-refractivity contribution in [3.05, 3.63) is 79.6 Å². The molecule has 0 aromatic carbocycles. The maximum Gasteiger partial charge on any atom is 0.0999 e. The molecule has 0 spiro atoms. The van der Waals surface area contributed by atoms with E-state index < -0.39 is 0 Å². The summed E-state index contributed by atoms with van der Waals surface area (Å²) in [6, 6.07) is 11.2. The van der Waals surface area contributed by atoms with Gasteiger partial charge in [0.2, 0.25) is 0 Å². The average molecular weight is 631 g/mol. The monoisotopic (exact) mass is 630 g/mol. The summed E-state index contributed by atoms with van der Waals surface area (Å²) in [7, 11) is 0. The van der Waals surface area contributed by atoms with E-state index in [2.05, 4.69) is 104 Å². The number of nitrogens with zero attached hydrogens (tertiary/aromatic N) is 3. The molecule has 0 aliphatic heterocycles. The highest BCUT2D eigenvalue weighted by Gasteiger charge is 2.20. The molecule has 0 unspecified atom stereocenters. The first-order valence-electron chi connectivity index (χ1n) is 13.4. The molecule has 3 aromatic rings. The zero-order valence-electron chi connectivity index (χ0n) is 23.1. The van der Waals surface area contributed by atoms with Crippen LogP contribution in [-0.4, -0.2) is 17.1 Å². The Morgan fingerprint density at radius 2 is 1.54 bits per heavy atom. The zero-order chi connectivity index (χ0) is 29.1. The number of nitriles is 1. The molecule has 41 heavy (non-hydrogen) atoms. The Bertz CT molecular complexity index is 1740. The number of thiol groups is 2. The molecule has 1 N–H and O–H groups in total. The Kier molecular flexibility index (Phi) is 9.47. The molecule has 0 amide bonds. The van der Waals surface area contributed by atoms with Gasteiger partial charge in [-0.1, -0.05) is 12.2 Å². The van der Waals surface area contributed by atoms with Gasteiger partial charge in [-0.05, 0) is 132 Å². The van der Waals surface area contributed by atoms with E-state index in [1.165, 1.54) is 35.5 Å². The van der Waals surface area contributed by atoms with Crippen LogP contribution in [0.25, 0.3) is 31.7 Å². The molecule has 3 aromatic heterocycles. The smallest absolute Gasteiger partial charge is 0.0999 e. The topological polar surface area (TPSA) is 72.4 Å². The number of hydrogen-bond acceptors (Lipinski definition) is 9. The second-order valence-corrected chi connectivity index (χ2v) is 13.8. The van der Waals surface area contributed by atoms with E-state index in [1.54, 1.807) is 22.7 Å². The Labute approximate surface area is 264 Å². The van der Waals surface area contributed by atoms with Crippen molar-refractivity contribution in [2.24, 2.45) is 8.80 Å². The maximum absolute atomic E-state index is 9.91. The highest BCUT2D eigenvalue weighted by molar-refractivity contribution is 7.79. The number of nitrogens with one attached hydrogen (secondary N) is 1. The largest absolute Gasteiger partial charge is 0.303 e. The first-order chi connectivity index (χ1) is 19.8. The fraction of sp³-hybridized carbons (Fsp3) is 0.250. The van der Waals surface area contributed by atoms with Crippen molar-refractivity contribution >= 4 is 88.9 Å².